The molecule has 9 heteroatoms. The van der Waals surface area contributed by atoms with Crippen molar-refractivity contribution in [1.82, 2.24) is 25.6 Å². The molecule has 1 saturated heterocycles. The first-order valence-electron chi connectivity index (χ1n) is 10.2. The molecule has 2 N–H and O–H groups in total. The van der Waals surface area contributed by atoms with Gasteiger partial charge in [-0.1, -0.05) is 23.4 Å². The molecule has 3 heterocycles. The summed E-state index contributed by atoms with van der Waals surface area (Å²) >= 11 is 5.43. The maximum Gasteiger partial charge on any atom is 0.273 e. The van der Waals surface area contributed by atoms with Gasteiger partial charge in [-0.3, -0.25) is 14.9 Å². The number of aromatic nitrogens is 1. The van der Waals surface area contributed by atoms with Gasteiger partial charge in [0.15, 0.2) is 10.8 Å². The zero-order valence-corrected chi connectivity index (χ0v) is 17.5. The highest BCUT2D eigenvalue weighted by Crippen LogP contribution is 2.22. The molecule has 30 heavy (non-hydrogen) atoms. The molecule has 0 aliphatic carbocycles. The van der Waals surface area contributed by atoms with Crippen molar-refractivity contribution < 1.29 is 14.1 Å². The van der Waals surface area contributed by atoms with Crippen LogP contribution in [0.3, 0.4) is 0 Å². The molecule has 0 unspecified atom stereocenters. The monoisotopic (exact) mass is 427 g/mol. The van der Waals surface area contributed by atoms with Crippen molar-refractivity contribution in [2.24, 2.45) is 0 Å². The lowest BCUT2D eigenvalue weighted by Gasteiger charge is -2.28. The molecule has 0 bridgehead atoms. The highest BCUT2D eigenvalue weighted by atomic mass is 32.1. The van der Waals surface area contributed by atoms with Crippen LogP contribution < -0.4 is 10.6 Å². The Labute approximate surface area is 180 Å². The molecule has 158 valence electrons. The van der Waals surface area contributed by atoms with Crippen molar-refractivity contribution in [2.45, 2.75) is 25.8 Å². The van der Waals surface area contributed by atoms with E-state index >= 15 is 0 Å². The van der Waals surface area contributed by atoms with Gasteiger partial charge in [0.2, 0.25) is 0 Å². The van der Waals surface area contributed by atoms with Gasteiger partial charge in [0.05, 0.1) is 6.54 Å². The van der Waals surface area contributed by atoms with Crippen LogP contribution in [-0.4, -0.2) is 64.6 Å². The first kappa shape index (κ1) is 20.5. The van der Waals surface area contributed by atoms with Crippen molar-refractivity contribution in [2.75, 3.05) is 32.7 Å². The Kier molecular flexibility index (Phi) is 6.39. The van der Waals surface area contributed by atoms with Crippen LogP contribution in [-0.2, 0) is 13.0 Å². The largest absolute Gasteiger partial charge is 0.360 e. The number of fused-ring (bicyclic) bond motifs is 1. The number of benzene rings is 1. The molecule has 0 atom stereocenters. The topological polar surface area (TPSA) is 90.7 Å². The molecule has 2 aromatic rings. The highest BCUT2D eigenvalue weighted by molar-refractivity contribution is 7.80. The van der Waals surface area contributed by atoms with Crippen LogP contribution in [0.4, 0.5) is 0 Å². The van der Waals surface area contributed by atoms with Gasteiger partial charge < -0.3 is 19.6 Å². The second-order valence-corrected chi connectivity index (χ2v) is 7.92. The summed E-state index contributed by atoms with van der Waals surface area (Å²) in [6.45, 7) is 4.57. The quantitative estimate of drug-likeness (QED) is 0.700. The summed E-state index contributed by atoms with van der Waals surface area (Å²) < 4.78 is 5.39. The number of likely N-dealkylation sites (tertiary alicyclic amines) is 1. The second-order valence-electron chi connectivity index (χ2n) is 7.53. The summed E-state index contributed by atoms with van der Waals surface area (Å²) in [5.74, 6) is 0.213. The van der Waals surface area contributed by atoms with Crippen LogP contribution >= 0.6 is 12.2 Å². The van der Waals surface area contributed by atoms with Gasteiger partial charge in [-0.25, -0.2) is 0 Å². The predicted molar refractivity (Wildman–Crippen MR) is 115 cm³/mol. The van der Waals surface area contributed by atoms with E-state index in [4.69, 9.17) is 16.7 Å². The van der Waals surface area contributed by atoms with Gasteiger partial charge in [-0.05, 0) is 50.3 Å². The van der Waals surface area contributed by atoms with Crippen LogP contribution in [0.5, 0.6) is 0 Å². The summed E-state index contributed by atoms with van der Waals surface area (Å²) in [5, 5.41) is 10.0. The van der Waals surface area contributed by atoms with E-state index in [1.165, 1.54) is 12.8 Å². The molecular weight excluding hydrogens is 402 g/mol. The average Bonchev–Trinajstić information content (AvgIpc) is 3.43. The van der Waals surface area contributed by atoms with Crippen molar-refractivity contribution in [3.05, 3.63) is 52.9 Å². The molecule has 0 radical (unpaired) electrons. The Morgan fingerprint density at radius 3 is 2.63 bits per heavy atom. The SMILES string of the molecule is O=C(NC(=S)N1CCc2onc(C(=O)NCCN3CCCC3)c2C1)c1ccccc1. The molecule has 4 rings (SSSR count). The van der Waals surface area contributed by atoms with Gasteiger partial charge in [0.25, 0.3) is 11.8 Å². The fraction of sp³-hybridized carbons (Fsp3) is 0.429. The minimum atomic E-state index is -0.253. The Hall–Kier alpha value is -2.78. The number of hydrogen-bond donors (Lipinski definition) is 2. The minimum Gasteiger partial charge on any atom is -0.360 e. The summed E-state index contributed by atoms with van der Waals surface area (Å²) in [6.07, 6.45) is 3.02. The molecule has 0 saturated carbocycles. The normalized spacial score (nSPS) is 16.2. The third kappa shape index (κ3) is 4.68. The maximum absolute atomic E-state index is 12.6. The smallest absolute Gasteiger partial charge is 0.273 e. The average molecular weight is 428 g/mol. The number of carbonyl (C=O) groups excluding carboxylic acids is 2. The molecule has 8 nitrogen and oxygen atoms in total. The first-order valence-corrected chi connectivity index (χ1v) is 10.7. The fourth-order valence-corrected chi connectivity index (χ4v) is 4.06. The van der Waals surface area contributed by atoms with Crippen LogP contribution in [0, 0.1) is 0 Å². The van der Waals surface area contributed by atoms with Crippen molar-refractivity contribution in [3.63, 3.8) is 0 Å². The van der Waals surface area contributed by atoms with Gasteiger partial charge in [0.1, 0.15) is 5.76 Å². The Morgan fingerprint density at radius 1 is 1.10 bits per heavy atom. The molecule has 1 aromatic carbocycles. The standard InChI is InChI=1S/C21H25N5O3S/c27-19(15-6-2-1-3-7-15)23-21(30)26-12-8-17-16(14-26)18(24-29-17)20(28)22-9-13-25-10-4-5-11-25/h1-3,6-7H,4-5,8-14H2,(H,22,28)(H,23,27,30). The van der Waals surface area contributed by atoms with Crippen LogP contribution in [0.1, 0.15) is 45.0 Å². The van der Waals surface area contributed by atoms with Crippen molar-refractivity contribution in [3.8, 4) is 0 Å². The van der Waals surface area contributed by atoms with Gasteiger partial charge in [-0.2, -0.15) is 0 Å². The van der Waals surface area contributed by atoms with Gasteiger partial charge >= 0.3 is 0 Å². The van der Waals surface area contributed by atoms with E-state index in [0.717, 1.165) is 25.2 Å². The lowest BCUT2D eigenvalue weighted by Crippen LogP contribution is -2.45. The van der Waals surface area contributed by atoms with E-state index in [2.05, 4.69) is 20.7 Å². The Bertz CT molecular complexity index is 924. The van der Waals surface area contributed by atoms with Gasteiger partial charge in [-0.15, -0.1) is 0 Å². The van der Waals surface area contributed by atoms with Crippen LogP contribution in [0.25, 0.3) is 0 Å². The van der Waals surface area contributed by atoms with E-state index in [1.54, 1.807) is 24.3 Å². The highest BCUT2D eigenvalue weighted by Gasteiger charge is 2.29. The van der Waals surface area contributed by atoms with Crippen LogP contribution in [0.15, 0.2) is 34.9 Å². The zero-order valence-electron chi connectivity index (χ0n) is 16.7. The fourth-order valence-electron chi connectivity index (χ4n) is 3.82. The molecule has 1 aromatic heterocycles. The number of hydrogen-bond acceptors (Lipinski definition) is 6. The molecule has 2 aliphatic heterocycles. The first-order chi connectivity index (χ1) is 14.6. The maximum atomic E-state index is 12.6. The third-order valence-corrected chi connectivity index (χ3v) is 5.86. The lowest BCUT2D eigenvalue weighted by atomic mass is 10.1. The lowest BCUT2D eigenvalue weighted by molar-refractivity contribution is 0.0936. The third-order valence-electron chi connectivity index (χ3n) is 5.50. The van der Waals surface area contributed by atoms with E-state index < -0.39 is 0 Å². The number of thiocarbonyl (C=S) groups is 1. The van der Waals surface area contributed by atoms with E-state index in [0.29, 0.717) is 48.2 Å². The van der Waals surface area contributed by atoms with Crippen molar-refractivity contribution >= 4 is 29.1 Å². The minimum absolute atomic E-state index is 0.236. The summed E-state index contributed by atoms with van der Waals surface area (Å²) in [7, 11) is 0. The van der Waals surface area contributed by atoms with E-state index in [9.17, 15) is 9.59 Å². The number of carbonyl (C=O) groups is 2. The van der Waals surface area contributed by atoms with Gasteiger partial charge in [0, 0.05) is 37.2 Å². The number of nitrogens with one attached hydrogen (secondary N) is 2. The predicted octanol–water partition coefficient (Wildman–Crippen LogP) is 1.57. The van der Waals surface area contributed by atoms with Crippen LogP contribution in [0.2, 0.25) is 0 Å². The number of rotatable bonds is 5. The summed E-state index contributed by atoms with van der Waals surface area (Å²) in [5.41, 5.74) is 1.57. The zero-order chi connectivity index (χ0) is 20.9. The summed E-state index contributed by atoms with van der Waals surface area (Å²) in [6, 6.07) is 8.92. The molecule has 2 amide bonds. The Morgan fingerprint density at radius 2 is 1.87 bits per heavy atom. The summed E-state index contributed by atoms with van der Waals surface area (Å²) in [4.78, 5) is 29.2. The molecular formula is C21H25N5O3S. The number of nitrogens with zero attached hydrogens (tertiary/aromatic N) is 3. The van der Waals surface area contributed by atoms with Crippen molar-refractivity contribution in [1.29, 1.82) is 0 Å². The molecule has 2 aliphatic rings. The molecule has 0 spiro atoms. The second kappa shape index (κ2) is 9.36. The van der Waals surface area contributed by atoms with E-state index in [1.807, 2.05) is 11.0 Å². The Balaban J connectivity index is 1.34. The van der Waals surface area contributed by atoms with E-state index in [-0.39, 0.29) is 11.8 Å². The number of amides is 2. The molecule has 1 fully saturated rings.